The minimum Gasteiger partial charge on any atom is -0.373 e. The summed E-state index contributed by atoms with van der Waals surface area (Å²) < 4.78 is 6.59. The van der Waals surface area contributed by atoms with Crippen LogP contribution in [0.2, 0.25) is 0 Å². The molecule has 0 aliphatic heterocycles. The van der Waals surface area contributed by atoms with Gasteiger partial charge in [-0.25, -0.2) is 0 Å². The lowest BCUT2D eigenvalue weighted by Gasteiger charge is -2.12. The van der Waals surface area contributed by atoms with Crippen LogP contribution in [0.1, 0.15) is 22.8 Å². The van der Waals surface area contributed by atoms with E-state index >= 15 is 0 Å². The topological polar surface area (TPSA) is 9.23 Å². The smallest absolute Gasteiger partial charge is 0.102 e. The lowest BCUT2D eigenvalue weighted by molar-refractivity contribution is 0.143. The summed E-state index contributed by atoms with van der Waals surface area (Å²) in [4.78, 5) is 0. The standard InChI is InChI=1S/C17H17BrO/c1-13-8-10-14(11-9-13)16(18)12-17(19-2)15-6-4-3-5-7-15/h3-12,17H,1-2H3/b16-12+. The van der Waals surface area contributed by atoms with Gasteiger partial charge in [0.15, 0.2) is 0 Å². The van der Waals surface area contributed by atoms with Gasteiger partial charge in [0.1, 0.15) is 6.10 Å². The molecule has 0 N–H and O–H groups in total. The first kappa shape index (κ1) is 14.0. The number of hydrogen-bond donors (Lipinski definition) is 0. The monoisotopic (exact) mass is 316 g/mol. The molecule has 0 aliphatic rings. The summed E-state index contributed by atoms with van der Waals surface area (Å²) in [6.45, 7) is 2.09. The van der Waals surface area contributed by atoms with Gasteiger partial charge in [-0.15, -0.1) is 0 Å². The maximum atomic E-state index is 5.55. The van der Waals surface area contributed by atoms with Crippen LogP contribution < -0.4 is 0 Å². The molecule has 0 saturated carbocycles. The van der Waals surface area contributed by atoms with E-state index in [0.717, 1.165) is 15.6 Å². The van der Waals surface area contributed by atoms with Gasteiger partial charge in [0.2, 0.25) is 0 Å². The second-order valence-electron chi connectivity index (χ2n) is 4.45. The zero-order valence-corrected chi connectivity index (χ0v) is 12.7. The Hall–Kier alpha value is -1.38. The highest BCUT2D eigenvalue weighted by Crippen LogP contribution is 2.27. The first-order valence-electron chi connectivity index (χ1n) is 6.23. The molecular formula is C17H17BrO. The molecule has 0 bridgehead atoms. The number of aryl methyl sites for hydroxylation is 1. The highest BCUT2D eigenvalue weighted by atomic mass is 79.9. The van der Waals surface area contributed by atoms with Crippen molar-refractivity contribution in [2.75, 3.05) is 7.11 Å². The van der Waals surface area contributed by atoms with E-state index < -0.39 is 0 Å². The summed E-state index contributed by atoms with van der Waals surface area (Å²) in [6, 6.07) is 18.6. The number of ether oxygens (including phenoxy) is 1. The van der Waals surface area contributed by atoms with E-state index in [4.69, 9.17) is 4.74 Å². The van der Waals surface area contributed by atoms with Crippen molar-refractivity contribution in [1.82, 2.24) is 0 Å². The Bertz CT molecular complexity index is 543. The summed E-state index contributed by atoms with van der Waals surface area (Å²) in [6.07, 6.45) is 2.04. The Morgan fingerprint density at radius 3 is 2.26 bits per heavy atom. The molecule has 0 aromatic heterocycles. The van der Waals surface area contributed by atoms with Crippen LogP contribution in [0.4, 0.5) is 0 Å². The summed E-state index contributed by atoms with van der Waals surface area (Å²) in [5, 5.41) is 0. The Balaban J connectivity index is 2.25. The third-order valence-corrected chi connectivity index (χ3v) is 3.73. The molecule has 98 valence electrons. The molecule has 1 atom stereocenters. The molecule has 0 aliphatic carbocycles. The summed E-state index contributed by atoms with van der Waals surface area (Å²) >= 11 is 3.63. The zero-order valence-electron chi connectivity index (χ0n) is 11.1. The van der Waals surface area contributed by atoms with Crippen molar-refractivity contribution in [2.45, 2.75) is 13.0 Å². The van der Waals surface area contributed by atoms with Crippen molar-refractivity contribution in [2.24, 2.45) is 0 Å². The minimum absolute atomic E-state index is 0.0446. The van der Waals surface area contributed by atoms with Crippen LogP contribution in [0.25, 0.3) is 4.48 Å². The Kier molecular flexibility index (Phi) is 4.94. The lowest BCUT2D eigenvalue weighted by Crippen LogP contribution is -1.97. The van der Waals surface area contributed by atoms with Gasteiger partial charge in [-0.2, -0.15) is 0 Å². The van der Waals surface area contributed by atoms with E-state index in [1.165, 1.54) is 5.56 Å². The highest BCUT2D eigenvalue weighted by Gasteiger charge is 2.08. The molecule has 2 aromatic carbocycles. The van der Waals surface area contributed by atoms with Crippen LogP contribution in [0.5, 0.6) is 0 Å². The Labute approximate surface area is 123 Å². The molecule has 0 heterocycles. The summed E-state index contributed by atoms with van der Waals surface area (Å²) in [7, 11) is 1.73. The van der Waals surface area contributed by atoms with Gasteiger partial charge < -0.3 is 4.74 Å². The van der Waals surface area contributed by atoms with Crippen molar-refractivity contribution < 1.29 is 4.74 Å². The van der Waals surface area contributed by atoms with Crippen LogP contribution >= 0.6 is 15.9 Å². The SMILES string of the molecule is COC(/C=C(/Br)c1ccc(C)cc1)c1ccccc1. The van der Waals surface area contributed by atoms with Gasteiger partial charge in [-0.1, -0.05) is 76.1 Å². The van der Waals surface area contributed by atoms with E-state index in [9.17, 15) is 0 Å². The van der Waals surface area contributed by atoms with Gasteiger partial charge in [-0.3, -0.25) is 0 Å². The van der Waals surface area contributed by atoms with E-state index in [1.807, 2.05) is 18.2 Å². The second-order valence-corrected chi connectivity index (χ2v) is 5.30. The van der Waals surface area contributed by atoms with Crippen molar-refractivity contribution in [3.63, 3.8) is 0 Å². The Morgan fingerprint density at radius 2 is 1.68 bits per heavy atom. The molecule has 2 heteroatoms. The lowest BCUT2D eigenvalue weighted by atomic mass is 10.1. The third-order valence-electron chi connectivity index (χ3n) is 3.01. The van der Waals surface area contributed by atoms with E-state index in [-0.39, 0.29) is 6.10 Å². The van der Waals surface area contributed by atoms with Gasteiger partial charge in [0, 0.05) is 11.6 Å². The largest absolute Gasteiger partial charge is 0.373 e. The van der Waals surface area contributed by atoms with E-state index in [0.29, 0.717) is 0 Å². The van der Waals surface area contributed by atoms with E-state index in [1.54, 1.807) is 7.11 Å². The van der Waals surface area contributed by atoms with Crippen LogP contribution in [0.15, 0.2) is 60.7 Å². The van der Waals surface area contributed by atoms with Gasteiger partial charge >= 0.3 is 0 Å². The van der Waals surface area contributed by atoms with Crippen LogP contribution in [0, 0.1) is 6.92 Å². The number of rotatable bonds is 4. The van der Waals surface area contributed by atoms with Crippen LogP contribution in [0.3, 0.4) is 0 Å². The van der Waals surface area contributed by atoms with Gasteiger partial charge in [0.05, 0.1) is 0 Å². The van der Waals surface area contributed by atoms with Crippen molar-refractivity contribution in [3.05, 3.63) is 77.4 Å². The molecule has 0 saturated heterocycles. The molecule has 0 radical (unpaired) electrons. The predicted molar refractivity (Wildman–Crippen MR) is 84.3 cm³/mol. The fourth-order valence-electron chi connectivity index (χ4n) is 1.88. The van der Waals surface area contributed by atoms with Crippen LogP contribution in [-0.4, -0.2) is 7.11 Å². The van der Waals surface area contributed by atoms with Crippen molar-refractivity contribution in [1.29, 1.82) is 0 Å². The molecule has 0 fully saturated rings. The minimum atomic E-state index is -0.0446. The summed E-state index contributed by atoms with van der Waals surface area (Å²) in [5.41, 5.74) is 3.56. The quantitative estimate of drug-likeness (QED) is 0.760. The fraction of sp³-hybridized carbons (Fsp3) is 0.176. The molecule has 2 aromatic rings. The molecule has 0 spiro atoms. The first-order chi connectivity index (χ1) is 9.20. The van der Waals surface area contributed by atoms with Crippen molar-refractivity contribution in [3.8, 4) is 0 Å². The zero-order chi connectivity index (χ0) is 13.7. The third kappa shape index (κ3) is 3.79. The molecule has 0 amide bonds. The number of benzene rings is 2. The summed E-state index contributed by atoms with van der Waals surface area (Å²) in [5.74, 6) is 0. The average Bonchev–Trinajstić information content (AvgIpc) is 2.46. The maximum absolute atomic E-state index is 5.55. The first-order valence-corrected chi connectivity index (χ1v) is 7.02. The van der Waals surface area contributed by atoms with Gasteiger partial charge in [-0.05, 0) is 24.1 Å². The molecular weight excluding hydrogens is 300 g/mol. The molecule has 1 nitrogen and oxygen atoms in total. The average molecular weight is 317 g/mol. The normalized spacial score (nSPS) is 13.3. The maximum Gasteiger partial charge on any atom is 0.102 e. The Morgan fingerprint density at radius 1 is 1.05 bits per heavy atom. The second kappa shape index (κ2) is 6.69. The number of hydrogen-bond acceptors (Lipinski definition) is 1. The number of methoxy groups -OCH3 is 1. The van der Waals surface area contributed by atoms with Crippen molar-refractivity contribution >= 4 is 20.4 Å². The van der Waals surface area contributed by atoms with Gasteiger partial charge in [0.25, 0.3) is 0 Å². The van der Waals surface area contributed by atoms with Crippen LogP contribution in [-0.2, 0) is 4.74 Å². The fourth-order valence-corrected chi connectivity index (χ4v) is 2.39. The predicted octanol–water partition coefficient (Wildman–Crippen LogP) is 5.12. The molecule has 19 heavy (non-hydrogen) atoms. The van der Waals surface area contributed by atoms with E-state index in [2.05, 4.69) is 65.3 Å². The molecule has 2 rings (SSSR count). The molecule has 1 unspecified atom stereocenters. The number of halogens is 1. The highest BCUT2D eigenvalue weighted by molar-refractivity contribution is 9.15.